The molecular weight excluding hydrogens is 342 g/mol. The quantitative estimate of drug-likeness (QED) is 0.812. The van der Waals surface area contributed by atoms with Crippen molar-refractivity contribution in [3.63, 3.8) is 0 Å². The van der Waals surface area contributed by atoms with Crippen molar-refractivity contribution in [3.8, 4) is 5.75 Å². The third-order valence-electron chi connectivity index (χ3n) is 3.14. The Balaban J connectivity index is 1.72. The molecule has 1 heterocycles. The minimum atomic E-state index is 0.231. The summed E-state index contributed by atoms with van der Waals surface area (Å²) in [6.07, 6.45) is 2.29. The fraction of sp³-hybridized carbons (Fsp3) is 0.286. The Morgan fingerprint density at radius 2 is 2.10 bits per heavy atom. The molecule has 2 aromatic rings. The van der Waals surface area contributed by atoms with Gasteiger partial charge in [-0.3, -0.25) is 0 Å². The lowest BCUT2D eigenvalue weighted by Crippen LogP contribution is -2.04. The number of halogens is 2. The molecule has 1 aliphatic carbocycles. The van der Waals surface area contributed by atoms with Crippen LogP contribution < -0.4 is 5.32 Å². The van der Waals surface area contributed by atoms with Crippen molar-refractivity contribution in [2.24, 2.45) is 0 Å². The summed E-state index contributed by atoms with van der Waals surface area (Å²) in [7, 11) is 0. The van der Waals surface area contributed by atoms with Crippen LogP contribution in [-0.2, 0) is 6.54 Å². The van der Waals surface area contributed by atoms with Gasteiger partial charge in [0.1, 0.15) is 22.5 Å². The van der Waals surface area contributed by atoms with E-state index in [0.29, 0.717) is 22.1 Å². The van der Waals surface area contributed by atoms with E-state index in [1.165, 1.54) is 0 Å². The molecule has 1 aromatic carbocycles. The SMILES string of the molecule is Oc1ccc(CNc2cc(Cl)nc(C3CC3)n2)cc1Br. The van der Waals surface area contributed by atoms with Gasteiger partial charge in [-0.2, -0.15) is 0 Å². The van der Waals surface area contributed by atoms with E-state index in [1.54, 1.807) is 12.1 Å². The van der Waals surface area contributed by atoms with Gasteiger partial charge in [0.15, 0.2) is 0 Å². The average Bonchev–Trinajstić information content (AvgIpc) is 3.24. The highest BCUT2D eigenvalue weighted by atomic mass is 79.9. The van der Waals surface area contributed by atoms with Crippen molar-refractivity contribution in [1.29, 1.82) is 0 Å². The van der Waals surface area contributed by atoms with Gasteiger partial charge in [-0.05, 0) is 46.5 Å². The smallest absolute Gasteiger partial charge is 0.135 e. The van der Waals surface area contributed by atoms with Crippen molar-refractivity contribution in [3.05, 3.63) is 45.3 Å². The molecule has 0 unspecified atom stereocenters. The monoisotopic (exact) mass is 353 g/mol. The minimum absolute atomic E-state index is 0.231. The van der Waals surface area contributed by atoms with Crippen molar-refractivity contribution in [1.82, 2.24) is 9.97 Å². The number of anilines is 1. The Labute approximate surface area is 130 Å². The van der Waals surface area contributed by atoms with E-state index in [1.807, 2.05) is 12.1 Å². The molecule has 20 heavy (non-hydrogen) atoms. The second-order valence-corrected chi connectivity index (χ2v) is 6.09. The summed E-state index contributed by atoms with van der Waals surface area (Å²) in [4.78, 5) is 8.73. The van der Waals surface area contributed by atoms with Crippen molar-refractivity contribution in [2.45, 2.75) is 25.3 Å². The Kier molecular flexibility index (Phi) is 3.81. The molecule has 0 radical (unpaired) electrons. The number of hydrogen-bond acceptors (Lipinski definition) is 4. The molecule has 0 aliphatic heterocycles. The Bertz CT molecular complexity index is 646. The topological polar surface area (TPSA) is 58.0 Å². The Morgan fingerprint density at radius 1 is 1.30 bits per heavy atom. The summed E-state index contributed by atoms with van der Waals surface area (Å²) >= 11 is 9.32. The molecule has 3 rings (SSSR count). The summed E-state index contributed by atoms with van der Waals surface area (Å²) in [5.74, 6) is 2.26. The van der Waals surface area contributed by atoms with Crippen LogP contribution in [0.2, 0.25) is 5.15 Å². The number of nitrogens with zero attached hydrogens (tertiary/aromatic N) is 2. The highest BCUT2D eigenvalue weighted by Crippen LogP contribution is 2.38. The van der Waals surface area contributed by atoms with Crippen LogP contribution in [-0.4, -0.2) is 15.1 Å². The number of aromatic hydroxyl groups is 1. The van der Waals surface area contributed by atoms with E-state index < -0.39 is 0 Å². The van der Waals surface area contributed by atoms with Gasteiger partial charge in [0, 0.05) is 18.5 Å². The molecule has 2 N–H and O–H groups in total. The molecule has 0 amide bonds. The van der Waals surface area contributed by atoms with Gasteiger partial charge < -0.3 is 10.4 Å². The summed E-state index contributed by atoms with van der Waals surface area (Å²) < 4.78 is 0.677. The van der Waals surface area contributed by atoms with Crippen LogP contribution in [0.5, 0.6) is 5.75 Å². The zero-order valence-corrected chi connectivity index (χ0v) is 12.9. The summed E-state index contributed by atoms with van der Waals surface area (Å²) in [6, 6.07) is 7.11. The maximum atomic E-state index is 9.46. The highest BCUT2D eigenvalue weighted by molar-refractivity contribution is 9.10. The Hall–Kier alpha value is -1.33. The van der Waals surface area contributed by atoms with Crippen LogP contribution >= 0.6 is 27.5 Å². The first-order valence-corrected chi connectivity index (χ1v) is 7.54. The minimum Gasteiger partial charge on any atom is -0.507 e. The molecule has 0 bridgehead atoms. The fourth-order valence-corrected chi connectivity index (χ4v) is 2.52. The van der Waals surface area contributed by atoms with Crippen LogP contribution in [0.3, 0.4) is 0 Å². The van der Waals surface area contributed by atoms with Gasteiger partial charge in [0.05, 0.1) is 4.47 Å². The molecule has 4 nitrogen and oxygen atoms in total. The number of benzene rings is 1. The maximum Gasteiger partial charge on any atom is 0.135 e. The number of aromatic nitrogens is 2. The van der Waals surface area contributed by atoms with Crippen LogP contribution in [0, 0.1) is 0 Å². The van der Waals surface area contributed by atoms with Gasteiger partial charge in [0.2, 0.25) is 0 Å². The molecule has 1 aliphatic rings. The van der Waals surface area contributed by atoms with E-state index in [9.17, 15) is 5.11 Å². The predicted molar refractivity (Wildman–Crippen MR) is 82.2 cm³/mol. The molecule has 104 valence electrons. The lowest BCUT2D eigenvalue weighted by molar-refractivity contribution is 0.471. The molecule has 1 saturated carbocycles. The van der Waals surface area contributed by atoms with Crippen molar-refractivity contribution in [2.75, 3.05) is 5.32 Å². The molecule has 0 spiro atoms. The highest BCUT2D eigenvalue weighted by Gasteiger charge is 2.27. The van der Waals surface area contributed by atoms with E-state index in [0.717, 1.165) is 30.0 Å². The first-order chi connectivity index (χ1) is 9.61. The number of nitrogens with one attached hydrogen (secondary N) is 1. The largest absolute Gasteiger partial charge is 0.507 e. The molecular formula is C14H13BrClN3O. The maximum absolute atomic E-state index is 9.46. The van der Waals surface area contributed by atoms with E-state index in [4.69, 9.17) is 11.6 Å². The second-order valence-electron chi connectivity index (χ2n) is 4.85. The first-order valence-electron chi connectivity index (χ1n) is 6.37. The molecule has 1 aromatic heterocycles. The van der Waals surface area contributed by atoms with Crippen LogP contribution in [0.15, 0.2) is 28.7 Å². The zero-order chi connectivity index (χ0) is 14.1. The van der Waals surface area contributed by atoms with E-state index in [2.05, 4.69) is 31.2 Å². The van der Waals surface area contributed by atoms with Gasteiger partial charge in [-0.1, -0.05) is 17.7 Å². The van der Waals surface area contributed by atoms with E-state index in [-0.39, 0.29) is 5.75 Å². The zero-order valence-electron chi connectivity index (χ0n) is 10.6. The predicted octanol–water partition coefficient (Wildman–Crippen LogP) is 4.09. The van der Waals surface area contributed by atoms with Crippen molar-refractivity contribution >= 4 is 33.3 Å². The molecule has 1 fully saturated rings. The normalized spacial score (nSPS) is 14.3. The second kappa shape index (κ2) is 5.58. The van der Waals surface area contributed by atoms with Crippen molar-refractivity contribution < 1.29 is 5.11 Å². The lowest BCUT2D eigenvalue weighted by atomic mass is 10.2. The van der Waals surface area contributed by atoms with Gasteiger partial charge in [-0.25, -0.2) is 9.97 Å². The van der Waals surface area contributed by atoms with Crippen LogP contribution in [0.4, 0.5) is 5.82 Å². The fourth-order valence-electron chi connectivity index (χ4n) is 1.90. The first kappa shape index (κ1) is 13.6. The number of hydrogen-bond donors (Lipinski definition) is 2. The Morgan fingerprint density at radius 3 is 2.80 bits per heavy atom. The van der Waals surface area contributed by atoms with Gasteiger partial charge in [-0.15, -0.1) is 0 Å². The van der Waals surface area contributed by atoms with E-state index >= 15 is 0 Å². The molecule has 6 heteroatoms. The molecule has 0 atom stereocenters. The third kappa shape index (κ3) is 3.22. The number of rotatable bonds is 4. The average molecular weight is 355 g/mol. The lowest BCUT2D eigenvalue weighted by Gasteiger charge is -2.08. The standard InChI is InChI=1S/C14H13BrClN3O/c15-10-5-8(1-4-11(10)20)7-17-13-6-12(16)18-14(19-13)9-2-3-9/h1,4-6,9,20H,2-3,7H2,(H,17,18,19). The third-order valence-corrected chi connectivity index (χ3v) is 3.97. The number of phenolic OH excluding ortho intramolecular Hbond substituents is 1. The van der Waals surface area contributed by atoms with Crippen LogP contribution in [0.1, 0.15) is 30.1 Å². The van der Waals surface area contributed by atoms with Crippen LogP contribution in [0.25, 0.3) is 0 Å². The summed E-state index contributed by atoms with van der Waals surface area (Å²) in [6.45, 7) is 0.607. The van der Waals surface area contributed by atoms with Gasteiger partial charge in [0.25, 0.3) is 0 Å². The summed E-state index contributed by atoms with van der Waals surface area (Å²) in [5, 5.41) is 13.2. The molecule has 0 saturated heterocycles. The van der Waals surface area contributed by atoms with Gasteiger partial charge >= 0.3 is 0 Å². The number of phenols is 1. The summed E-state index contributed by atoms with van der Waals surface area (Å²) in [5.41, 5.74) is 1.04.